The van der Waals surface area contributed by atoms with E-state index in [9.17, 15) is 0 Å². The van der Waals surface area contributed by atoms with Crippen LogP contribution >= 0.6 is 22.5 Å². The van der Waals surface area contributed by atoms with Gasteiger partial charge in [0, 0.05) is 5.75 Å². The first kappa shape index (κ1) is 8.70. The molecule has 49 valence electrons. The summed E-state index contributed by atoms with van der Waals surface area (Å²) < 4.78 is 0. The van der Waals surface area contributed by atoms with Crippen molar-refractivity contribution in [3.8, 4) is 0 Å². The highest BCUT2D eigenvalue weighted by molar-refractivity contribution is 8.68. The van der Waals surface area contributed by atoms with Crippen LogP contribution in [0.3, 0.4) is 0 Å². The zero-order valence-corrected chi connectivity index (χ0v) is 7.31. The van der Waals surface area contributed by atoms with Crippen molar-refractivity contribution in [2.45, 2.75) is 20.8 Å². The average molecular weight is 149 g/mol. The van der Waals surface area contributed by atoms with Crippen molar-refractivity contribution in [1.29, 1.82) is 0 Å². The van der Waals surface area contributed by atoms with Crippen LogP contribution in [0.2, 0.25) is 0 Å². The van der Waals surface area contributed by atoms with Crippen LogP contribution in [0.5, 0.6) is 0 Å². The third-order valence-corrected chi connectivity index (χ3v) is 2.54. The molecule has 0 rings (SSSR count). The molecular formula is C6H13S2. The fourth-order valence-electron chi connectivity index (χ4n) is 0.300. The molecule has 0 aliphatic carbocycles. The number of rotatable bonds is 3. The molecule has 1 unspecified atom stereocenters. The van der Waals surface area contributed by atoms with Crippen LogP contribution in [0.25, 0.3) is 0 Å². The van der Waals surface area contributed by atoms with E-state index in [0.29, 0.717) is 0 Å². The lowest BCUT2D eigenvalue weighted by Crippen LogP contribution is -2.05. The van der Waals surface area contributed by atoms with Gasteiger partial charge in [0.15, 0.2) is 0 Å². The Hall–Kier alpha value is 0.700. The molecule has 8 heavy (non-hydrogen) atoms. The Bertz CT molecular complexity index is 52.5. The Balaban J connectivity index is 3.17. The summed E-state index contributed by atoms with van der Waals surface area (Å²) in [5, 5.41) is 0. The third-order valence-electron chi connectivity index (χ3n) is 1.47. The van der Waals surface area contributed by atoms with E-state index in [0.717, 1.165) is 17.6 Å². The van der Waals surface area contributed by atoms with Gasteiger partial charge in [0.25, 0.3) is 0 Å². The molecule has 0 aromatic rings. The first-order chi connectivity index (χ1) is 3.68. The molecular weight excluding hydrogens is 136 g/mol. The van der Waals surface area contributed by atoms with Gasteiger partial charge in [-0.3, -0.25) is 0 Å². The average Bonchev–Trinajstić information content (AvgIpc) is 1.67. The third kappa shape index (κ3) is 3.67. The summed E-state index contributed by atoms with van der Waals surface area (Å²) in [6.45, 7) is 6.70. The van der Waals surface area contributed by atoms with Crippen LogP contribution in [-0.4, -0.2) is 5.75 Å². The Morgan fingerprint density at radius 1 is 1.38 bits per heavy atom. The maximum absolute atomic E-state index is 4.76. The van der Waals surface area contributed by atoms with Crippen LogP contribution in [0, 0.1) is 11.8 Å². The van der Waals surface area contributed by atoms with Crippen LogP contribution in [0.1, 0.15) is 20.8 Å². The smallest absolute Gasteiger partial charge is 0.00736 e. The second kappa shape index (κ2) is 4.57. The van der Waals surface area contributed by atoms with E-state index in [4.69, 9.17) is 11.7 Å². The molecule has 0 saturated carbocycles. The fourth-order valence-corrected chi connectivity index (χ4v) is 1.54. The van der Waals surface area contributed by atoms with E-state index in [1.165, 1.54) is 10.8 Å². The summed E-state index contributed by atoms with van der Waals surface area (Å²) in [7, 11) is 1.52. The molecule has 0 amide bonds. The molecule has 0 aromatic heterocycles. The van der Waals surface area contributed by atoms with Crippen molar-refractivity contribution in [3.63, 3.8) is 0 Å². The molecule has 0 heterocycles. The summed E-state index contributed by atoms with van der Waals surface area (Å²) in [4.78, 5) is 0. The van der Waals surface area contributed by atoms with Gasteiger partial charge in [-0.25, -0.2) is 0 Å². The van der Waals surface area contributed by atoms with Crippen LogP contribution in [0.15, 0.2) is 0 Å². The highest BCUT2D eigenvalue weighted by atomic mass is 33.1. The van der Waals surface area contributed by atoms with Crippen LogP contribution < -0.4 is 0 Å². The predicted octanol–water partition coefficient (Wildman–Crippen LogP) is 3.12. The first-order valence-electron chi connectivity index (χ1n) is 2.93. The standard InChI is InChI=1S/C6H13S2/c1-5(2)6(3)4-8-7/h5-6H,4H2,1-3H3. The van der Waals surface area contributed by atoms with Crippen LogP contribution in [0.4, 0.5) is 0 Å². The SMILES string of the molecule is CC(C)C(C)CS[S]. The summed E-state index contributed by atoms with van der Waals surface area (Å²) in [6.07, 6.45) is 0. The van der Waals surface area contributed by atoms with Gasteiger partial charge in [0.1, 0.15) is 0 Å². The van der Waals surface area contributed by atoms with Crippen molar-refractivity contribution in [2.75, 3.05) is 5.75 Å². The normalized spacial score (nSPS) is 14.6. The van der Waals surface area contributed by atoms with Crippen molar-refractivity contribution in [1.82, 2.24) is 0 Å². The van der Waals surface area contributed by atoms with E-state index >= 15 is 0 Å². The maximum atomic E-state index is 4.76. The minimum atomic E-state index is 0.775. The first-order valence-corrected chi connectivity index (χ1v) is 4.84. The highest BCUT2D eigenvalue weighted by Crippen LogP contribution is 2.17. The second-order valence-electron chi connectivity index (χ2n) is 2.51. The Labute approximate surface area is 61.2 Å². The van der Waals surface area contributed by atoms with Gasteiger partial charge in [-0.05, 0) is 23.5 Å². The molecule has 0 N–H and O–H groups in total. The van der Waals surface area contributed by atoms with E-state index in [2.05, 4.69) is 20.8 Å². The lowest BCUT2D eigenvalue weighted by Gasteiger charge is -2.11. The van der Waals surface area contributed by atoms with Crippen LogP contribution in [-0.2, 0) is 0 Å². The predicted molar refractivity (Wildman–Crippen MR) is 44.1 cm³/mol. The number of hydrogen-bond donors (Lipinski definition) is 0. The van der Waals surface area contributed by atoms with Crippen molar-refractivity contribution >= 4 is 22.5 Å². The maximum Gasteiger partial charge on any atom is 0.00736 e. The van der Waals surface area contributed by atoms with Gasteiger partial charge < -0.3 is 0 Å². The van der Waals surface area contributed by atoms with E-state index < -0.39 is 0 Å². The van der Waals surface area contributed by atoms with Gasteiger partial charge in [-0.1, -0.05) is 31.6 Å². The highest BCUT2D eigenvalue weighted by Gasteiger charge is 2.04. The molecule has 0 aliphatic heterocycles. The summed E-state index contributed by atoms with van der Waals surface area (Å²) in [5.74, 6) is 2.68. The fraction of sp³-hybridized carbons (Fsp3) is 1.00. The summed E-state index contributed by atoms with van der Waals surface area (Å²) in [5.41, 5.74) is 0. The van der Waals surface area contributed by atoms with Gasteiger partial charge in [-0.2, -0.15) is 0 Å². The van der Waals surface area contributed by atoms with Gasteiger partial charge in [0.2, 0.25) is 0 Å². The molecule has 0 aromatic carbocycles. The Kier molecular flexibility index (Phi) is 4.97. The Morgan fingerprint density at radius 3 is 2.00 bits per heavy atom. The minimum Gasteiger partial charge on any atom is -0.0814 e. The van der Waals surface area contributed by atoms with Crippen molar-refractivity contribution in [3.05, 3.63) is 0 Å². The zero-order chi connectivity index (χ0) is 6.57. The van der Waals surface area contributed by atoms with E-state index in [1.807, 2.05) is 0 Å². The largest absolute Gasteiger partial charge is 0.0814 e. The molecule has 0 aliphatic rings. The summed E-state index contributed by atoms with van der Waals surface area (Å²) in [6, 6.07) is 0. The lowest BCUT2D eigenvalue weighted by molar-refractivity contribution is 0.465. The van der Waals surface area contributed by atoms with Gasteiger partial charge in [0.05, 0.1) is 0 Å². The molecule has 2 heteroatoms. The van der Waals surface area contributed by atoms with Gasteiger partial charge in [-0.15, -0.1) is 0 Å². The molecule has 1 atom stereocenters. The van der Waals surface area contributed by atoms with E-state index in [-0.39, 0.29) is 0 Å². The zero-order valence-electron chi connectivity index (χ0n) is 5.68. The van der Waals surface area contributed by atoms with E-state index in [1.54, 1.807) is 0 Å². The monoisotopic (exact) mass is 149 g/mol. The molecule has 0 nitrogen and oxygen atoms in total. The molecule has 0 bridgehead atoms. The van der Waals surface area contributed by atoms with Crippen molar-refractivity contribution < 1.29 is 0 Å². The number of hydrogen-bond acceptors (Lipinski definition) is 1. The molecule has 0 fully saturated rings. The Morgan fingerprint density at radius 2 is 1.88 bits per heavy atom. The quantitative estimate of drug-likeness (QED) is 0.556. The summed E-state index contributed by atoms with van der Waals surface area (Å²) >= 11 is 4.76. The molecule has 0 saturated heterocycles. The van der Waals surface area contributed by atoms with Crippen molar-refractivity contribution in [2.24, 2.45) is 11.8 Å². The molecule has 1 radical (unpaired) electrons. The lowest BCUT2D eigenvalue weighted by atomic mass is 10.0. The van der Waals surface area contributed by atoms with Gasteiger partial charge >= 0.3 is 0 Å². The molecule has 0 spiro atoms. The minimum absolute atomic E-state index is 0.775. The second-order valence-corrected chi connectivity index (χ2v) is 3.78. The topological polar surface area (TPSA) is 0 Å².